The van der Waals surface area contributed by atoms with Crippen molar-refractivity contribution < 1.29 is 9.18 Å². The van der Waals surface area contributed by atoms with E-state index in [9.17, 15) is 14.0 Å². The number of nitrogens with zero attached hydrogens (tertiary/aromatic N) is 2. The first-order valence-corrected chi connectivity index (χ1v) is 5.45. The second-order valence-electron chi connectivity index (χ2n) is 3.61. The second kappa shape index (κ2) is 5.10. The third kappa shape index (κ3) is 2.81. The van der Waals surface area contributed by atoms with Crippen molar-refractivity contribution in [3.63, 3.8) is 0 Å². The lowest BCUT2D eigenvalue weighted by Crippen LogP contribution is -2.25. The van der Waals surface area contributed by atoms with Gasteiger partial charge >= 0.3 is 5.69 Å². The van der Waals surface area contributed by atoms with Crippen LogP contribution in [0.2, 0.25) is 5.02 Å². The van der Waals surface area contributed by atoms with E-state index in [4.69, 9.17) is 11.6 Å². The summed E-state index contributed by atoms with van der Waals surface area (Å²) in [5, 5.41) is 0.265. The summed E-state index contributed by atoms with van der Waals surface area (Å²) in [6, 6.07) is 5.10. The molecule has 92 valence electrons. The largest absolute Gasteiger partial charge is 0.348 e. The fourth-order valence-corrected chi connectivity index (χ4v) is 1.59. The average molecular weight is 267 g/mol. The number of hydrogen-bond acceptors (Lipinski definition) is 3. The van der Waals surface area contributed by atoms with E-state index in [2.05, 4.69) is 4.98 Å². The molecule has 1 aromatic carbocycles. The van der Waals surface area contributed by atoms with Crippen molar-refractivity contribution in [2.24, 2.45) is 0 Å². The van der Waals surface area contributed by atoms with Crippen LogP contribution in [0.1, 0.15) is 10.4 Å². The zero-order chi connectivity index (χ0) is 13.1. The third-order valence-electron chi connectivity index (χ3n) is 2.30. The molecule has 0 radical (unpaired) electrons. The first kappa shape index (κ1) is 12.4. The summed E-state index contributed by atoms with van der Waals surface area (Å²) in [5.74, 6) is -0.741. The first-order valence-electron chi connectivity index (χ1n) is 5.07. The molecule has 0 saturated heterocycles. The van der Waals surface area contributed by atoms with E-state index < -0.39 is 11.5 Å². The van der Waals surface area contributed by atoms with E-state index in [1.165, 1.54) is 36.7 Å². The highest BCUT2D eigenvalue weighted by Gasteiger charge is 2.08. The summed E-state index contributed by atoms with van der Waals surface area (Å²) < 4.78 is 13.8. The molecule has 0 spiro atoms. The molecule has 4 nitrogen and oxygen atoms in total. The lowest BCUT2D eigenvalue weighted by molar-refractivity contribution is 0.0970. The van der Waals surface area contributed by atoms with Gasteiger partial charge in [0.1, 0.15) is 5.82 Å². The van der Waals surface area contributed by atoms with Gasteiger partial charge in [0.25, 0.3) is 0 Å². The minimum absolute atomic E-state index is 0.183. The number of benzene rings is 1. The number of aromatic nitrogens is 2. The van der Waals surface area contributed by atoms with Crippen molar-refractivity contribution in [3.8, 4) is 0 Å². The van der Waals surface area contributed by atoms with Gasteiger partial charge in [-0.3, -0.25) is 9.36 Å². The summed E-state index contributed by atoms with van der Waals surface area (Å²) in [6.07, 6.45) is 2.54. The van der Waals surface area contributed by atoms with Gasteiger partial charge in [0.15, 0.2) is 5.78 Å². The van der Waals surface area contributed by atoms with Crippen molar-refractivity contribution in [1.29, 1.82) is 0 Å². The van der Waals surface area contributed by atoms with Crippen LogP contribution in [-0.4, -0.2) is 15.3 Å². The molecule has 0 N–H and O–H groups in total. The Balaban J connectivity index is 2.24. The van der Waals surface area contributed by atoms with E-state index >= 15 is 0 Å². The highest BCUT2D eigenvalue weighted by molar-refractivity contribution is 6.30. The van der Waals surface area contributed by atoms with Gasteiger partial charge in [0.05, 0.1) is 17.8 Å². The van der Waals surface area contributed by atoms with Gasteiger partial charge in [0, 0.05) is 11.8 Å². The minimum Gasteiger partial charge on any atom is -0.292 e. The van der Waals surface area contributed by atoms with Crippen molar-refractivity contribution in [3.05, 3.63) is 63.5 Å². The monoisotopic (exact) mass is 266 g/mol. The maximum atomic E-state index is 12.7. The van der Waals surface area contributed by atoms with Crippen LogP contribution in [0, 0.1) is 5.82 Å². The van der Waals surface area contributed by atoms with Crippen molar-refractivity contribution in [1.82, 2.24) is 9.55 Å². The molecule has 0 bridgehead atoms. The predicted molar refractivity (Wildman–Crippen MR) is 64.2 cm³/mol. The van der Waals surface area contributed by atoms with Gasteiger partial charge in [-0.05, 0) is 24.3 Å². The topological polar surface area (TPSA) is 52.0 Å². The number of hydrogen-bond donors (Lipinski definition) is 0. The Hall–Kier alpha value is -2.01. The Bertz CT molecular complexity index is 637. The maximum Gasteiger partial charge on any atom is 0.348 e. The van der Waals surface area contributed by atoms with Crippen LogP contribution < -0.4 is 5.69 Å². The zero-order valence-corrected chi connectivity index (χ0v) is 9.89. The van der Waals surface area contributed by atoms with Crippen LogP contribution in [0.3, 0.4) is 0 Å². The molecule has 2 aromatic rings. The van der Waals surface area contributed by atoms with E-state index in [0.29, 0.717) is 5.56 Å². The van der Waals surface area contributed by atoms with Crippen molar-refractivity contribution >= 4 is 17.4 Å². The first-order chi connectivity index (χ1) is 8.56. The summed E-state index contributed by atoms with van der Waals surface area (Å²) in [7, 11) is 0. The Morgan fingerprint density at radius 1 is 1.33 bits per heavy atom. The van der Waals surface area contributed by atoms with E-state index in [1.807, 2.05) is 0 Å². The quantitative estimate of drug-likeness (QED) is 0.798. The fraction of sp³-hybridized carbons (Fsp3) is 0.0833. The molecule has 0 aliphatic rings. The van der Waals surface area contributed by atoms with Crippen LogP contribution in [-0.2, 0) is 6.54 Å². The third-order valence-corrected chi connectivity index (χ3v) is 2.50. The molecule has 18 heavy (non-hydrogen) atoms. The fourth-order valence-electron chi connectivity index (χ4n) is 1.42. The molecule has 0 aliphatic heterocycles. The van der Waals surface area contributed by atoms with Gasteiger partial charge in [0.2, 0.25) is 0 Å². The van der Waals surface area contributed by atoms with Crippen LogP contribution >= 0.6 is 11.6 Å². The number of carbonyl (C=O) groups is 1. The van der Waals surface area contributed by atoms with E-state index in [-0.39, 0.29) is 17.4 Å². The van der Waals surface area contributed by atoms with Crippen LogP contribution in [0.15, 0.2) is 41.5 Å². The molecular weight excluding hydrogens is 259 g/mol. The molecule has 6 heteroatoms. The van der Waals surface area contributed by atoms with Gasteiger partial charge in [-0.15, -0.1) is 0 Å². The average Bonchev–Trinajstić information content (AvgIpc) is 2.34. The maximum absolute atomic E-state index is 12.7. The standard InChI is InChI=1S/C12H8ClFN2O2/c13-9-5-15-12(18)16(6-9)7-11(17)8-1-3-10(14)4-2-8/h1-6H,7H2. The Labute approximate surface area is 107 Å². The number of ketones is 1. The normalized spacial score (nSPS) is 10.3. The Morgan fingerprint density at radius 3 is 2.67 bits per heavy atom. The van der Waals surface area contributed by atoms with Gasteiger partial charge in [-0.25, -0.2) is 14.2 Å². The summed E-state index contributed by atoms with van der Waals surface area (Å²) in [4.78, 5) is 26.7. The zero-order valence-electron chi connectivity index (χ0n) is 9.14. The van der Waals surface area contributed by atoms with Crippen LogP contribution in [0.4, 0.5) is 4.39 Å². The summed E-state index contributed by atoms with van der Waals surface area (Å²) >= 11 is 5.68. The van der Waals surface area contributed by atoms with Crippen LogP contribution in [0.5, 0.6) is 0 Å². The number of Topliss-reactive ketones (excluding diaryl/α,β-unsaturated/α-hetero) is 1. The lowest BCUT2D eigenvalue weighted by Gasteiger charge is -2.04. The second-order valence-corrected chi connectivity index (χ2v) is 4.05. The van der Waals surface area contributed by atoms with Gasteiger partial charge in [-0.2, -0.15) is 0 Å². The Kier molecular flexibility index (Phi) is 3.53. The molecule has 2 rings (SSSR count). The molecule has 0 aliphatic carbocycles. The molecule has 1 heterocycles. The van der Waals surface area contributed by atoms with Gasteiger partial charge in [-0.1, -0.05) is 11.6 Å². The van der Waals surface area contributed by atoms with Crippen LogP contribution in [0.25, 0.3) is 0 Å². The molecule has 0 fully saturated rings. The van der Waals surface area contributed by atoms with E-state index in [0.717, 1.165) is 4.57 Å². The number of halogens is 2. The van der Waals surface area contributed by atoms with Crippen molar-refractivity contribution in [2.75, 3.05) is 0 Å². The van der Waals surface area contributed by atoms with Gasteiger partial charge < -0.3 is 0 Å². The SMILES string of the molecule is O=C(Cn1cc(Cl)cnc1=O)c1ccc(F)cc1. The predicted octanol–water partition coefficient (Wildman–Crippen LogP) is 1.92. The molecule has 0 unspecified atom stereocenters. The molecule has 0 atom stereocenters. The highest BCUT2D eigenvalue weighted by Crippen LogP contribution is 2.06. The molecule has 0 saturated carbocycles. The number of rotatable bonds is 3. The number of carbonyl (C=O) groups excluding carboxylic acids is 1. The highest BCUT2D eigenvalue weighted by atomic mass is 35.5. The smallest absolute Gasteiger partial charge is 0.292 e. The van der Waals surface area contributed by atoms with Crippen molar-refractivity contribution in [2.45, 2.75) is 6.54 Å². The summed E-state index contributed by atoms with van der Waals surface area (Å²) in [5.41, 5.74) is -0.238. The molecule has 0 amide bonds. The minimum atomic E-state index is -0.560. The molecular formula is C12H8ClFN2O2. The summed E-state index contributed by atoms with van der Waals surface area (Å²) in [6.45, 7) is -0.183. The Morgan fingerprint density at radius 2 is 2.00 bits per heavy atom. The molecule has 1 aromatic heterocycles. The lowest BCUT2D eigenvalue weighted by atomic mass is 10.1. The van der Waals surface area contributed by atoms with E-state index in [1.54, 1.807) is 0 Å².